The normalized spacial score (nSPS) is 41.2. The van der Waals surface area contributed by atoms with E-state index >= 15 is 0 Å². The molecule has 8 fully saturated rings. The van der Waals surface area contributed by atoms with Crippen LogP contribution in [-0.4, -0.2) is 34.9 Å². The van der Waals surface area contributed by atoms with E-state index in [1.807, 2.05) is 0 Å². The van der Waals surface area contributed by atoms with Crippen molar-refractivity contribution in [1.82, 2.24) is 0 Å². The Kier molecular flexibility index (Phi) is 14.7. The molecule has 0 aromatic heterocycles. The van der Waals surface area contributed by atoms with Crippen molar-refractivity contribution in [1.29, 1.82) is 0 Å². The number of halogens is 4. The van der Waals surface area contributed by atoms with Gasteiger partial charge < -0.3 is 24.7 Å². The molecule has 0 amide bonds. The summed E-state index contributed by atoms with van der Waals surface area (Å²) in [5, 5.41) is 0.893. The standard InChI is InChI=1S/2C21H28ClN.2CH3.2ClH.Zr/c2*22-15-10-11-17-14(12-15)13-19-18-8-4-5-9-20(18)23(21(17)19)16-6-2-1-3-7-16;;;;;/h2*1-3,6-7,14-15,17-21H,4-5,8-13H2;2*1H3;2*1H;/q;;2*-1;;;+4/p-2. The number of alkyl halides is 2. The topological polar surface area (TPSA) is 6.48 Å². The first-order valence-corrected chi connectivity index (χ1v) is 27.2. The van der Waals surface area contributed by atoms with Crippen LogP contribution in [0.3, 0.4) is 0 Å². The Morgan fingerprint density at radius 1 is 0.451 bits per heavy atom. The van der Waals surface area contributed by atoms with Gasteiger partial charge in [-0.05, 0) is 149 Å². The number of para-hydroxylation sites is 2. The predicted molar refractivity (Wildman–Crippen MR) is 219 cm³/mol. The van der Waals surface area contributed by atoms with Crippen molar-refractivity contribution in [2.45, 2.75) is 138 Å². The summed E-state index contributed by atoms with van der Waals surface area (Å²) in [5.41, 5.74) is 2.98. The van der Waals surface area contributed by atoms with Crippen LogP contribution in [-0.2, 0) is 20.8 Å². The summed E-state index contributed by atoms with van der Waals surface area (Å²) < 4.78 is 0. The number of nitrogens with zero attached hydrogens (tertiary/aromatic N) is 2. The second-order valence-electron chi connectivity index (χ2n) is 17.0. The molecule has 2 aromatic rings. The Morgan fingerprint density at radius 3 is 1.22 bits per heavy atom. The predicted octanol–water partition coefficient (Wildman–Crippen LogP) is 13.2. The van der Waals surface area contributed by atoms with Crippen molar-refractivity contribution >= 4 is 51.6 Å². The minimum absolute atomic E-state index is 0. The molecule has 8 aliphatic rings. The molecule has 6 aliphatic carbocycles. The Bertz CT molecular complexity index is 1250. The van der Waals surface area contributed by atoms with Gasteiger partial charge in [-0.2, -0.15) is 0 Å². The first-order chi connectivity index (χ1) is 24.1. The molecule has 0 bridgehead atoms. The van der Waals surface area contributed by atoms with Crippen molar-refractivity contribution in [2.75, 3.05) is 9.80 Å². The monoisotopic (exact) mass is 848 g/mol. The molecule has 14 atom stereocenters. The summed E-state index contributed by atoms with van der Waals surface area (Å²) in [5.74, 6) is 7.39. The molecule has 14 unspecified atom stereocenters. The maximum absolute atomic E-state index is 6.52. The first kappa shape index (κ1) is 40.7. The van der Waals surface area contributed by atoms with Gasteiger partial charge in [0.05, 0.1) is 0 Å². The van der Waals surface area contributed by atoms with Gasteiger partial charge in [-0.3, -0.25) is 0 Å². The van der Waals surface area contributed by atoms with Gasteiger partial charge >= 0.3 is 37.9 Å². The van der Waals surface area contributed by atoms with Gasteiger partial charge in [0.1, 0.15) is 0 Å². The van der Waals surface area contributed by atoms with Gasteiger partial charge in [0.2, 0.25) is 0 Å². The Labute approximate surface area is 340 Å². The van der Waals surface area contributed by atoms with E-state index in [2.05, 4.69) is 70.5 Å². The van der Waals surface area contributed by atoms with Crippen LogP contribution in [0.5, 0.6) is 0 Å². The molecule has 10 rings (SSSR count). The zero-order valence-electron chi connectivity index (χ0n) is 31.1. The minimum atomic E-state index is -0.826. The summed E-state index contributed by atoms with van der Waals surface area (Å²) in [6.07, 6.45) is 22.2. The average Bonchev–Trinajstić information content (AvgIpc) is 3.86. The van der Waals surface area contributed by atoms with Crippen LogP contribution in [0.15, 0.2) is 60.7 Å². The fraction of sp³-hybridized carbons (Fsp3) is 0.682. The molecule has 6 saturated carbocycles. The second kappa shape index (κ2) is 18.4. The van der Waals surface area contributed by atoms with Crippen LogP contribution in [0.2, 0.25) is 0 Å². The Balaban J connectivity index is 0.000000158. The van der Waals surface area contributed by atoms with Gasteiger partial charge in [-0.1, -0.05) is 62.1 Å². The number of hydrogen-bond acceptors (Lipinski definition) is 2. The molecule has 0 N–H and O–H groups in total. The molecule has 2 nitrogen and oxygen atoms in total. The van der Waals surface area contributed by atoms with E-state index in [0.29, 0.717) is 10.8 Å². The van der Waals surface area contributed by atoms with E-state index in [0.717, 1.165) is 71.5 Å². The Hall–Kier alpha value is 0.0831. The van der Waals surface area contributed by atoms with Crippen LogP contribution in [0.4, 0.5) is 11.4 Å². The fourth-order valence-corrected chi connectivity index (χ4v) is 14.2. The van der Waals surface area contributed by atoms with Crippen molar-refractivity contribution in [2.24, 2.45) is 47.3 Å². The van der Waals surface area contributed by atoms with E-state index in [4.69, 9.17) is 40.2 Å². The van der Waals surface area contributed by atoms with Gasteiger partial charge in [-0.25, -0.2) is 0 Å². The van der Waals surface area contributed by atoms with Gasteiger partial charge in [0.25, 0.3) is 0 Å². The van der Waals surface area contributed by atoms with Crippen molar-refractivity contribution < 1.29 is 20.8 Å². The summed E-state index contributed by atoms with van der Waals surface area (Å²) in [6.45, 7) is 0. The number of hydrogen-bond donors (Lipinski definition) is 0. The molecule has 2 aliphatic heterocycles. The second-order valence-corrected chi connectivity index (χ2v) is 22.0. The molecule has 2 heterocycles. The summed E-state index contributed by atoms with van der Waals surface area (Å²) in [4.78, 5) is 5.79. The van der Waals surface area contributed by atoms with Gasteiger partial charge in [0, 0.05) is 46.3 Å². The van der Waals surface area contributed by atoms with E-state index < -0.39 is 20.8 Å². The molecular weight excluding hydrogens is 790 g/mol. The third-order valence-corrected chi connectivity index (χ3v) is 15.8. The maximum atomic E-state index is 6.52. The van der Waals surface area contributed by atoms with Gasteiger partial charge in [-0.15, -0.1) is 23.2 Å². The molecule has 280 valence electrons. The van der Waals surface area contributed by atoms with Crippen molar-refractivity contribution in [3.8, 4) is 0 Å². The SMILES string of the molecule is ClC1CCC2C(C1)CC1C3CCCCC3N(c3ccccc3)C21.ClC1CCC2C(C1)CC1C3CCCCC3N(c3ccccc3)C21.[CH3-].[CH3-].[Cl][Zr+2][Cl]. The van der Waals surface area contributed by atoms with Crippen LogP contribution < -0.4 is 9.80 Å². The molecule has 7 heteroatoms. The molecular formula is C44H62Cl4N2Zr. The molecule has 0 radical (unpaired) electrons. The van der Waals surface area contributed by atoms with Crippen molar-refractivity contribution in [3.63, 3.8) is 0 Å². The number of fused-ring (bicyclic) bond motifs is 10. The van der Waals surface area contributed by atoms with E-state index in [1.165, 1.54) is 114 Å². The summed E-state index contributed by atoms with van der Waals surface area (Å²) in [6, 6.07) is 25.9. The van der Waals surface area contributed by atoms with Crippen LogP contribution >= 0.6 is 40.2 Å². The molecule has 2 aromatic carbocycles. The van der Waals surface area contributed by atoms with E-state index in [-0.39, 0.29) is 14.9 Å². The van der Waals surface area contributed by atoms with Crippen LogP contribution in [0, 0.1) is 62.2 Å². The first-order valence-electron chi connectivity index (χ1n) is 20.0. The molecule has 0 spiro atoms. The number of rotatable bonds is 2. The molecule has 2 saturated heterocycles. The van der Waals surface area contributed by atoms with E-state index in [9.17, 15) is 0 Å². The quantitative estimate of drug-likeness (QED) is 0.219. The van der Waals surface area contributed by atoms with E-state index in [1.54, 1.807) is 0 Å². The summed E-state index contributed by atoms with van der Waals surface area (Å²) in [7, 11) is 9.87. The van der Waals surface area contributed by atoms with Crippen LogP contribution in [0.1, 0.15) is 103 Å². The Morgan fingerprint density at radius 2 is 0.824 bits per heavy atom. The molecule has 51 heavy (non-hydrogen) atoms. The average molecular weight is 852 g/mol. The summed E-state index contributed by atoms with van der Waals surface area (Å²) >= 11 is 12.2. The zero-order valence-corrected chi connectivity index (χ0v) is 36.6. The van der Waals surface area contributed by atoms with Gasteiger partial charge in [0.15, 0.2) is 0 Å². The number of anilines is 2. The van der Waals surface area contributed by atoms with Crippen molar-refractivity contribution in [3.05, 3.63) is 75.5 Å². The number of benzene rings is 2. The zero-order chi connectivity index (χ0) is 33.5. The fourth-order valence-electron chi connectivity index (χ4n) is 13.5. The third-order valence-electron chi connectivity index (χ3n) is 15.0. The van der Waals surface area contributed by atoms with Crippen LogP contribution in [0.25, 0.3) is 0 Å². The third kappa shape index (κ3) is 8.03.